The molecule has 27 heavy (non-hydrogen) atoms. The molecule has 1 aliphatic rings. The molecule has 1 atom stereocenters. The van der Waals surface area contributed by atoms with E-state index in [1.54, 1.807) is 19.2 Å². The Hall–Kier alpha value is -3.09. The Morgan fingerprint density at radius 2 is 1.93 bits per heavy atom. The van der Waals surface area contributed by atoms with Crippen LogP contribution in [0.15, 0.2) is 42.6 Å². The fourth-order valence-electron chi connectivity index (χ4n) is 2.53. The van der Waals surface area contributed by atoms with Crippen LogP contribution in [-0.2, 0) is 9.59 Å². The Kier molecular flexibility index (Phi) is 5.90. The zero-order valence-corrected chi connectivity index (χ0v) is 15.4. The van der Waals surface area contributed by atoms with Crippen molar-refractivity contribution < 1.29 is 19.1 Å². The Labute approximate surface area is 158 Å². The first-order chi connectivity index (χ1) is 13.0. The number of ether oxygens (including phenoxy) is 2. The normalized spacial score (nSPS) is 14.1. The number of aromatic nitrogens is 1. The van der Waals surface area contributed by atoms with E-state index in [1.807, 2.05) is 31.2 Å². The standard InChI is InChI=1S/C20H23N3O4/c1-13(14-5-8-17(26-2)9-6-14)22-18(24)12-27-19-10-7-16(11-21-19)23-20(25)15-3-4-15/h5-11,13,15H,3-4,12H2,1-2H3,(H,22,24)(H,23,25)/t13-/m0/s1. The van der Waals surface area contributed by atoms with Crippen molar-refractivity contribution in [2.75, 3.05) is 19.0 Å². The number of nitrogens with zero attached hydrogens (tertiary/aromatic N) is 1. The number of amides is 2. The molecule has 0 aliphatic heterocycles. The number of rotatable bonds is 8. The lowest BCUT2D eigenvalue weighted by Crippen LogP contribution is -2.31. The maximum absolute atomic E-state index is 12.1. The van der Waals surface area contributed by atoms with Crippen LogP contribution in [0.2, 0.25) is 0 Å². The molecule has 0 spiro atoms. The second-order valence-corrected chi connectivity index (χ2v) is 6.50. The molecule has 3 rings (SSSR count). The van der Waals surface area contributed by atoms with Crippen LogP contribution in [0, 0.1) is 5.92 Å². The molecular formula is C20H23N3O4. The van der Waals surface area contributed by atoms with Crippen molar-refractivity contribution in [1.29, 1.82) is 0 Å². The van der Waals surface area contributed by atoms with E-state index in [-0.39, 0.29) is 30.4 Å². The van der Waals surface area contributed by atoms with Gasteiger partial charge in [-0.3, -0.25) is 9.59 Å². The van der Waals surface area contributed by atoms with E-state index in [9.17, 15) is 9.59 Å². The maximum Gasteiger partial charge on any atom is 0.258 e. The van der Waals surface area contributed by atoms with Crippen molar-refractivity contribution in [1.82, 2.24) is 10.3 Å². The third-order valence-electron chi connectivity index (χ3n) is 4.30. The highest BCUT2D eigenvalue weighted by Gasteiger charge is 2.29. The average molecular weight is 369 g/mol. The van der Waals surface area contributed by atoms with Crippen molar-refractivity contribution in [2.45, 2.75) is 25.8 Å². The average Bonchev–Trinajstić information content (AvgIpc) is 3.53. The van der Waals surface area contributed by atoms with Crippen LogP contribution >= 0.6 is 0 Å². The molecule has 1 aromatic heterocycles. The fourth-order valence-corrected chi connectivity index (χ4v) is 2.53. The molecule has 7 heteroatoms. The summed E-state index contributed by atoms with van der Waals surface area (Å²) < 4.78 is 10.5. The van der Waals surface area contributed by atoms with Gasteiger partial charge in [0.2, 0.25) is 11.8 Å². The molecule has 1 aromatic carbocycles. The van der Waals surface area contributed by atoms with Gasteiger partial charge in [-0.2, -0.15) is 0 Å². The summed E-state index contributed by atoms with van der Waals surface area (Å²) in [7, 11) is 1.61. The second kappa shape index (κ2) is 8.53. The molecule has 2 amide bonds. The first-order valence-corrected chi connectivity index (χ1v) is 8.88. The second-order valence-electron chi connectivity index (χ2n) is 6.50. The van der Waals surface area contributed by atoms with E-state index in [1.165, 1.54) is 6.20 Å². The zero-order chi connectivity index (χ0) is 19.2. The van der Waals surface area contributed by atoms with Crippen LogP contribution in [0.3, 0.4) is 0 Å². The number of pyridine rings is 1. The zero-order valence-electron chi connectivity index (χ0n) is 15.4. The van der Waals surface area contributed by atoms with Gasteiger partial charge in [0.25, 0.3) is 5.91 Å². The van der Waals surface area contributed by atoms with Gasteiger partial charge in [0.05, 0.1) is 25.0 Å². The third kappa shape index (κ3) is 5.44. The number of methoxy groups -OCH3 is 1. The molecule has 142 valence electrons. The first kappa shape index (κ1) is 18.7. The Morgan fingerprint density at radius 1 is 1.19 bits per heavy atom. The summed E-state index contributed by atoms with van der Waals surface area (Å²) >= 11 is 0. The molecule has 2 aromatic rings. The lowest BCUT2D eigenvalue weighted by atomic mass is 10.1. The number of anilines is 1. The van der Waals surface area contributed by atoms with Gasteiger partial charge < -0.3 is 20.1 Å². The molecule has 0 bridgehead atoms. The molecule has 1 aliphatic carbocycles. The molecule has 1 heterocycles. The predicted molar refractivity (Wildman–Crippen MR) is 101 cm³/mol. The minimum atomic E-state index is -0.244. The largest absolute Gasteiger partial charge is 0.497 e. The van der Waals surface area contributed by atoms with Gasteiger partial charge in [-0.15, -0.1) is 0 Å². The topological polar surface area (TPSA) is 89.5 Å². The van der Waals surface area contributed by atoms with Gasteiger partial charge >= 0.3 is 0 Å². The number of hydrogen-bond donors (Lipinski definition) is 2. The van der Waals surface area contributed by atoms with Crippen LogP contribution in [0.25, 0.3) is 0 Å². The van der Waals surface area contributed by atoms with E-state index in [0.29, 0.717) is 11.6 Å². The van der Waals surface area contributed by atoms with Crippen molar-refractivity contribution >= 4 is 17.5 Å². The molecule has 0 radical (unpaired) electrons. The number of carbonyl (C=O) groups excluding carboxylic acids is 2. The summed E-state index contributed by atoms with van der Waals surface area (Å²) in [6.07, 6.45) is 3.42. The fraction of sp³-hybridized carbons (Fsp3) is 0.350. The summed E-state index contributed by atoms with van der Waals surface area (Å²) in [5, 5.41) is 5.67. The molecule has 7 nitrogen and oxygen atoms in total. The third-order valence-corrected chi connectivity index (χ3v) is 4.30. The predicted octanol–water partition coefficient (Wildman–Crippen LogP) is 2.69. The summed E-state index contributed by atoms with van der Waals surface area (Å²) in [5.41, 5.74) is 1.59. The van der Waals surface area contributed by atoms with Crippen molar-refractivity contribution in [3.05, 3.63) is 48.2 Å². The van der Waals surface area contributed by atoms with Crippen molar-refractivity contribution in [2.24, 2.45) is 5.92 Å². The smallest absolute Gasteiger partial charge is 0.258 e. The van der Waals surface area contributed by atoms with E-state index >= 15 is 0 Å². The van der Waals surface area contributed by atoms with E-state index < -0.39 is 0 Å². The number of hydrogen-bond acceptors (Lipinski definition) is 5. The molecule has 1 fully saturated rings. The van der Waals surface area contributed by atoms with E-state index in [2.05, 4.69) is 15.6 Å². The number of benzene rings is 1. The van der Waals surface area contributed by atoms with E-state index in [0.717, 1.165) is 24.2 Å². The summed E-state index contributed by atoms with van der Waals surface area (Å²) in [6, 6.07) is 10.7. The maximum atomic E-state index is 12.1. The molecule has 0 unspecified atom stereocenters. The minimum absolute atomic E-state index is 0.0253. The number of nitrogens with one attached hydrogen (secondary N) is 2. The van der Waals surface area contributed by atoms with Crippen LogP contribution < -0.4 is 20.1 Å². The van der Waals surface area contributed by atoms with Crippen molar-refractivity contribution in [3.8, 4) is 11.6 Å². The molecule has 2 N–H and O–H groups in total. The van der Waals surface area contributed by atoms with Gasteiger partial charge in [0, 0.05) is 12.0 Å². The summed E-state index contributed by atoms with van der Waals surface area (Å²) in [4.78, 5) is 27.9. The summed E-state index contributed by atoms with van der Waals surface area (Å²) in [6.45, 7) is 1.76. The molecule has 1 saturated carbocycles. The van der Waals surface area contributed by atoms with Crippen LogP contribution in [0.1, 0.15) is 31.4 Å². The number of carbonyl (C=O) groups is 2. The van der Waals surface area contributed by atoms with Crippen molar-refractivity contribution in [3.63, 3.8) is 0 Å². The van der Waals surface area contributed by atoms with Crippen LogP contribution in [0.4, 0.5) is 5.69 Å². The highest BCUT2D eigenvalue weighted by Crippen LogP contribution is 2.30. The Balaban J connectivity index is 1.44. The van der Waals surface area contributed by atoms with Gasteiger partial charge in [0.1, 0.15) is 5.75 Å². The van der Waals surface area contributed by atoms with E-state index in [4.69, 9.17) is 9.47 Å². The Bertz CT molecular complexity index is 786. The van der Waals surface area contributed by atoms with Gasteiger partial charge in [0.15, 0.2) is 6.61 Å². The minimum Gasteiger partial charge on any atom is -0.497 e. The highest BCUT2D eigenvalue weighted by molar-refractivity contribution is 5.93. The van der Waals surface area contributed by atoms with Crippen LogP contribution in [0.5, 0.6) is 11.6 Å². The summed E-state index contributed by atoms with van der Waals surface area (Å²) in [5.74, 6) is 1.01. The van der Waals surface area contributed by atoms with Crippen LogP contribution in [-0.4, -0.2) is 30.5 Å². The van der Waals surface area contributed by atoms with Gasteiger partial charge in [-0.1, -0.05) is 12.1 Å². The molecule has 0 saturated heterocycles. The monoisotopic (exact) mass is 369 g/mol. The SMILES string of the molecule is COc1ccc([C@H](C)NC(=O)COc2ccc(NC(=O)C3CC3)cn2)cc1. The highest BCUT2D eigenvalue weighted by atomic mass is 16.5. The van der Waals surface area contributed by atoms with Gasteiger partial charge in [-0.25, -0.2) is 4.98 Å². The lowest BCUT2D eigenvalue weighted by Gasteiger charge is -2.15. The van der Waals surface area contributed by atoms with Gasteiger partial charge in [-0.05, 0) is 43.5 Å². The Morgan fingerprint density at radius 3 is 2.52 bits per heavy atom. The quantitative estimate of drug-likeness (QED) is 0.747. The lowest BCUT2D eigenvalue weighted by molar-refractivity contribution is -0.123. The molecular weight excluding hydrogens is 346 g/mol. The first-order valence-electron chi connectivity index (χ1n) is 8.88.